The van der Waals surface area contributed by atoms with E-state index in [0.717, 1.165) is 36.1 Å². The van der Waals surface area contributed by atoms with Crippen molar-refractivity contribution in [2.45, 2.75) is 46.6 Å². The van der Waals surface area contributed by atoms with Crippen molar-refractivity contribution in [1.29, 1.82) is 0 Å². The van der Waals surface area contributed by atoms with Gasteiger partial charge in [0.05, 0.1) is 0 Å². The van der Waals surface area contributed by atoms with Crippen LogP contribution in [0.15, 0.2) is 54.6 Å². The number of carbonyl (C=O) groups excluding carboxylic acids is 1. The van der Waals surface area contributed by atoms with Gasteiger partial charge in [0, 0.05) is 11.0 Å². The van der Waals surface area contributed by atoms with Crippen LogP contribution in [0.25, 0.3) is 11.1 Å². The van der Waals surface area contributed by atoms with E-state index < -0.39 is 0 Å². The van der Waals surface area contributed by atoms with Crippen LogP contribution in [0.2, 0.25) is 0 Å². The van der Waals surface area contributed by atoms with Crippen LogP contribution in [0, 0.1) is 26.2 Å². The predicted octanol–water partition coefficient (Wildman–Crippen LogP) is 6.38. The number of aryl methyl sites for hydroxylation is 2. The van der Waals surface area contributed by atoms with Gasteiger partial charge in [-0.1, -0.05) is 36.4 Å². The molecule has 0 atom stereocenters. The standard InChI is InChI=1S/C27H26O2/c1-17-6-4-7-18(2)25(17)23-9-5-8-20(19(23)3)16-29-22-10-11-24-21(14-22)15-27(12-13-27)26(24)28/h4-11,14H,12-13,15-16H2,1-3H3. The fourth-order valence-corrected chi connectivity index (χ4v) is 4.82. The Morgan fingerprint density at radius 2 is 1.62 bits per heavy atom. The van der Waals surface area contributed by atoms with Gasteiger partial charge in [0.25, 0.3) is 0 Å². The van der Waals surface area contributed by atoms with Gasteiger partial charge in [0.2, 0.25) is 0 Å². The number of rotatable bonds is 4. The average molecular weight is 383 g/mol. The zero-order valence-corrected chi connectivity index (χ0v) is 17.3. The first-order valence-corrected chi connectivity index (χ1v) is 10.4. The highest BCUT2D eigenvalue weighted by atomic mass is 16.5. The van der Waals surface area contributed by atoms with Gasteiger partial charge in [-0.25, -0.2) is 0 Å². The number of fused-ring (bicyclic) bond motifs is 1. The lowest BCUT2D eigenvalue weighted by Crippen LogP contribution is -2.08. The Balaban J connectivity index is 1.39. The summed E-state index contributed by atoms with van der Waals surface area (Å²) in [5.74, 6) is 1.20. The smallest absolute Gasteiger partial charge is 0.169 e. The summed E-state index contributed by atoms with van der Waals surface area (Å²) in [7, 11) is 0. The average Bonchev–Trinajstić information content (AvgIpc) is 3.42. The lowest BCUT2D eigenvalue weighted by atomic mass is 9.91. The molecular weight excluding hydrogens is 356 g/mol. The van der Waals surface area contributed by atoms with Gasteiger partial charge >= 0.3 is 0 Å². The van der Waals surface area contributed by atoms with Crippen molar-refractivity contribution >= 4 is 5.78 Å². The first-order valence-electron chi connectivity index (χ1n) is 10.4. The lowest BCUT2D eigenvalue weighted by Gasteiger charge is -2.16. The second-order valence-corrected chi connectivity index (χ2v) is 8.75. The molecule has 2 heteroatoms. The largest absolute Gasteiger partial charge is 0.489 e. The van der Waals surface area contributed by atoms with Gasteiger partial charge < -0.3 is 4.74 Å². The second-order valence-electron chi connectivity index (χ2n) is 8.75. The quantitative estimate of drug-likeness (QED) is 0.523. The number of Topliss-reactive ketones (excluding diaryl/α,β-unsaturated/α-hetero) is 1. The zero-order chi connectivity index (χ0) is 20.2. The molecule has 1 fully saturated rings. The minimum absolute atomic E-state index is 0.0583. The highest BCUT2D eigenvalue weighted by molar-refractivity contribution is 6.06. The molecule has 0 heterocycles. The van der Waals surface area contributed by atoms with E-state index in [2.05, 4.69) is 63.2 Å². The van der Waals surface area contributed by atoms with Gasteiger partial charge in [-0.2, -0.15) is 0 Å². The Hall–Kier alpha value is -2.87. The highest BCUT2D eigenvalue weighted by Crippen LogP contribution is 2.55. The summed E-state index contributed by atoms with van der Waals surface area (Å²) in [5, 5.41) is 0. The molecule has 0 N–H and O–H groups in total. The minimum Gasteiger partial charge on any atom is -0.489 e. The van der Waals surface area contributed by atoms with Crippen LogP contribution in [0.1, 0.15) is 51.0 Å². The Morgan fingerprint density at radius 3 is 2.34 bits per heavy atom. The fourth-order valence-electron chi connectivity index (χ4n) is 4.82. The number of benzene rings is 3. The second kappa shape index (κ2) is 6.59. The summed E-state index contributed by atoms with van der Waals surface area (Å²) in [5.41, 5.74) is 9.64. The van der Waals surface area contributed by atoms with E-state index in [9.17, 15) is 4.79 Å². The highest BCUT2D eigenvalue weighted by Gasteiger charge is 2.54. The normalized spacial score (nSPS) is 16.2. The van der Waals surface area contributed by atoms with Crippen molar-refractivity contribution in [1.82, 2.24) is 0 Å². The SMILES string of the molecule is Cc1cccc(C)c1-c1cccc(COc2ccc3c(c2)CC2(CC2)C3=O)c1C. The maximum absolute atomic E-state index is 12.5. The van der Waals surface area contributed by atoms with E-state index in [1.807, 2.05) is 12.1 Å². The van der Waals surface area contributed by atoms with Crippen LogP contribution in [0.4, 0.5) is 0 Å². The van der Waals surface area contributed by atoms with Crippen LogP contribution < -0.4 is 4.74 Å². The molecule has 1 spiro atoms. The lowest BCUT2D eigenvalue weighted by molar-refractivity contribution is 0.0919. The number of hydrogen-bond donors (Lipinski definition) is 0. The monoisotopic (exact) mass is 382 g/mol. The maximum Gasteiger partial charge on any atom is 0.169 e. The van der Waals surface area contributed by atoms with E-state index >= 15 is 0 Å². The fraction of sp³-hybridized carbons (Fsp3) is 0.296. The molecule has 1 saturated carbocycles. The van der Waals surface area contributed by atoms with E-state index in [4.69, 9.17) is 4.74 Å². The summed E-state index contributed by atoms with van der Waals surface area (Å²) in [6.45, 7) is 7.05. The summed E-state index contributed by atoms with van der Waals surface area (Å²) >= 11 is 0. The van der Waals surface area contributed by atoms with E-state index in [-0.39, 0.29) is 5.41 Å². The van der Waals surface area contributed by atoms with Crippen molar-refractivity contribution in [2.75, 3.05) is 0 Å². The molecule has 2 aliphatic carbocycles. The molecule has 2 nitrogen and oxygen atoms in total. The Morgan fingerprint density at radius 1 is 0.897 bits per heavy atom. The van der Waals surface area contributed by atoms with Crippen LogP contribution in [-0.2, 0) is 13.0 Å². The summed E-state index contributed by atoms with van der Waals surface area (Å²) < 4.78 is 6.16. The molecule has 146 valence electrons. The molecule has 29 heavy (non-hydrogen) atoms. The van der Waals surface area contributed by atoms with Gasteiger partial charge in [-0.3, -0.25) is 4.79 Å². The first kappa shape index (κ1) is 18.2. The maximum atomic E-state index is 12.5. The number of ether oxygens (including phenoxy) is 1. The number of carbonyl (C=O) groups is 1. The first-order chi connectivity index (χ1) is 14.0. The van der Waals surface area contributed by atoms with Crippen LogP contribution in [-0.4, -0.2) is 5.78 Å². The number of hydrogen-bond acceptors (Lipinski definition) is 2. The third-order valence-corrected chi connectivity index (χ3v) is 6.78. The molecule has 0 aliphatic heterocycles. The molecular formula is C27H26O2. The van der Waals surface area contributed by atoms with E-state index in [1.54, 1.807) is 0 Å². The van der Waals surface area contributed by atoms with Gasteiger partial charge in [0.1, 0.15) is 12.4 Å². The van der Waals surface area contributed by atoms with Gasteiger partial charge in [-0.05, 0) is 97.2 Å². The molecule has 0 aromatic heterocycles. The van der Waals surface area contributed by atoms with Crippen molar-refractivity contribution in [2.24, 2.45) is 5.41 Å². The summed E-state index contributed by atoms with van der Waals surface area (Å²) in [4.78, 5) is 12.5. The molecule has 3 aromatic carbocycles. The molecule has 0 saturated heterocycles. The molecule has 3 aromatic rings. The van der Waals surface area contributed by atoms with E-state index in [1.165, 1.54) is 33.4 Å². The Labute approximate surface area is 172 Å². The Bertz CT molecular complexity index is 1120. The third-order valence-electron chi connectivity index (χ3n) is 6.78. The predicted molar refractivity (Wildman–Crippen MR) is 117 cm³/mol. The Kier molecular flexibility index (Phi) is 4.13. The topological polar surface area (TPSA) is 26.3 Å². The van der Waals surface area contributed by atoms with Gasteiger partial charge in [-0.15, -0.1) is 0 Å². The number of ketones is 1. The molecule has 0 bridgehead atoms. The van der Waals surface area contributed by atoms with Crippen LogP contribution in [0.3, 0.4) is 0 Å². The zero-order valence-electron chi connectivity index (χ0n) is 17.3. The molecule has 0 unspecified atom stereocenters. The molecule has 5 rings (SSSR count). The summed E-state index contributed by atoms with van der Waals surface area (Å²) in [6, 6.07) is 18.9. The van der Waals surface area contributed by atoms with Crippen LogP contribution >= 0.6 is 0 Å². The van der Waals surface area contributed by atoms with Crippen molar-refractivity contribution in [3.63, 3.8) is 0 Å². The van der Waals surface area contributed by atoms with E-state index in [0.29, 0.717) is 12.4 Å². The van der Waals surface area contributed by atoms with Crippen molar-refractivity contribution in [3.05, 3.63) is 88.0 Å². The van der Waals surface area contributed by atoms with Crippen LogP contribution in [0.5, 0.6) is 5.75 Å². The molecule has 2 aliphatic rings. The molecule has 0 amide bonds. The minimum atomic E-state index is -0.0583. The third kappa shape index (κ3) is 2.98. The molecule has 0 radical (unpaired) electrons. The van der Waals surface area contributed by atoms with Crippen molar-refractivity contribution in [3.8, 4) is 16.9 Å². The van der Waals surface area contributed by atoms with Crippen molar-refractivity contribution < 1.29 is 9.53 Å². The summed E-state index contributed by atoms with van der Waals surface area (Å²) in [6.07, 6.45) is 2.97. The van der Waals surface area contributed by atoms with Gasteiger partial charge in [0.15, 0.2) is 5.78 Å².